The molecule has 0 saturated heterocycles. The van der Waals surface area contributed by atoms with Crippen LogP contribution in [0.2, 0.25) is 0 Å². The molecule has 22 heavy (non-hydrogen) atoms. The normalized spacial score (nSPS) is 9.77. The first-order valence-electron chi connectivity index (χ1n) is 7.07. The van der Waals surface area contributed by atoms with Gasteiger partial charge >= 0.3 is 0 Å². The van der Waals surface area contributed by atoms with Crippen molar-refractivity contribution in [1.29, 1.82) is 5.26 Å². The van der Waals surface area contributed by atoms with Gasteiger partial charge in [-0.2, -0.15) is 5.26 Å². The highest BCUT2D eigenvalue weighted by atomic mass is 14.8. The first-order chi connectivity index (χ1) is 10.9. The summed E-state index contributed by atoms with van der Waals surface area (Å²) in [6.45, 7) is 0. The molecule has 0 saturated carbocycles. The van der Waals surface area contributed by atoms with E-state index in [1.807, 2.05) is 78.9 Å². The van der Waals surface area contributed by atoms with Crippen LogP contribution in [0, 0.1) is 11.3 Å². The predicted octanol–water partition coefficient (Wildman–Crippen LogP) is 4.73. The van der Waals surface area contributed by atoms with E-state index in [1.54, 1.807) is 6.07 Å². The Labute approximate surface area is 130 Å². The number of nitrogens with zero attached hydrogens (tertiary/aromatic N) is 2. The lowest BCUT2D eigenvalue weighted by Gasteiger charge is -2.08. The Balaban J connectivity index is 2.18. The van der Waals surface area contributed by atoms with E-state index in [-0.39, 0.29) is 0 Å². The fourth-order valence-corrected chi connectivity index (χ4v) is 2.27. The molecule has 104 valence electrons. The van der Waals surface area contributed by atoms with E-state index in [9.17, 15) is 5.26 Å². The second kappa shape index (κ2) is 6.51. The molecular weight excluding hydrogens is 268 g/mol. The van der Waals surface area contributed by atoms with Crippen LogP contribution in [0.4, 0.5) is 5.69 Å². The molecule has 0 aliphatic carbocycles. The van der Waals surface area contributed by atoms with E-state index in [4.69, 9.17) is 4.99 Å². The molecule has 3 rings (SSSR count). The summed E-state index contributed by atoms with van der Waals surface area (Å²) in [5.41, 5.74) is 4.19. The van der Waals surface area contributed by atoms with Gasteiger partial charge in [-0.25, -0.2) is 4.99 Å². The van der Waals surface area contributed by atoms with Crippen molar-refractivity contribution < 1.29 is 0 Å². The molecule has 0 fully saturated rings. The third-order valence-electron chi connectivity index (χ3n) is 3.35. The Hall–Kier alpha value is -3.18. The molecule has 2 heteroatoms. The second-order valence-corrected chi connectivity index (χ2v) is 4.82. The van der Waals surface area contributed by atoms with E-state index in [0.717, 1.165) is 16.8 Å². The molecule has 3 aromatic carbocycles. The number of rotatable bonds is 3. The van der Waals surface area contributed by atoms with Crippen LogP contribution in [-0.4, -0.2) is 5.71 Å². The van der Waals surface area contributed by atoms with Crippen molar-refractivity contribution in [3.8, 4) is 6.07 Å². The minimum absolute atomic E-state index is 0.576. The third kappa shape index (κ3) is 2.94. The molecule has 2 nitrogen and oxygen atoms in total. The van der Waals surface area contributed by atoms with Crippen molar-refractivity contribution in [3.63, 3.8) is 0 Å². The van der Waals surface area contributed by atoms with Gasteiger partial charge < -0.3 is 0 Å². The van der Waals surface area contributed by atoms with E-state index in [0.29, 0.717) is 11.3 Å². The summed E-state index contributed by atoms with van der Waals surface area (Å²) in [5.74, 6) is 0. The first-order valence-corrected chi connectivity index (χ1v) is 7.07. The smallest absolute Gasteiger partial charge is 0.101 e. The fraction of sp³-hybridized carbons (Fsp3) is 0. The molecule has 0 atom stereocenters. The Kier molecular flexibility index (Phi) is 4.08. The SMILES string of the molecule is N#Cc1ccccc1N=C(c1ccccc1)c1ccccc1. The standard InChI is InChI=1S/C20H14N2/c21-15-18-13-7-8-14-19(18)22-20(16-9-3-1-4-10-16)17-11-5-2-6-12-17/h1-14H. The zero-order valence-electron chi connectivity index (χ0n) is 12.0. The van der Waals surface area contributed by atoms with Crippen molar-refractivity contribution in [3.05, 3.63) is 102 Å². The maximum atomic E-state index is 9.25. The Morgan fingerprint density at radius 2 is 1.18 bits per heavy atom. The molecule has 0 N–H and O–H groups in total. The van der Waals surface area contributed by atoms with Gasteiger partial charge in [-0.3, -0.25) is 0 Å². The highest BCUT2D eigenvalue weighted by Crippen LogP contribution is 2.21. The van der Waals surface area contributed by atoms with E-state index >= 15 is 0 Å². The van der Waals surface area contributed by atoms with Gasteiger partial charge in [0.05, 0.1) is 17.0 Å². The van der Waals surface area contributed by atoms with Crippen molar-refractivity contribution in [2.75, 3.05) is 0 Å². The van der Waals surface area contributed by atoms with Crippen molar-refractivity contribution in [2.45, 2.75) is 0 Å². The van der Waals surface area contributed by atoms with Crippen LogP contribution in [0.15, 0.2) is 89.9 Å². The molecule has 3 aromatic rings. The predicted molar refractivity (Wildman–Crippen MR) is 89.3 cm³/mol. The molecule has 0 unspecified atom stereocenters. The molecule has 0 spiro atoms. The van der Waals surface area contributed by atoms with Gasteiger partial charge in [-0.15, -0.1) is 0 Å². The molecule has 0 radical (unpaired) electrons. The number of para-hydroxylation sites is 1. The van der Waals surface area contributed by atoms with Crippen LogP contribution in [0.5, 0.6) is 0 Å². The molecule has 0 aromatic heterocycles. The molecular formula is C20H14N2. The zero-order chi connectivity index (χ0) is 15.2. The highest BCUT2D eigenvalue weighted by molar-refractivity contribution is 6.14. The van der Waals surface area contributed by atoms with Crippen molar-refractivity contribution >= 4 is 11.4 Å². The zero-order valence-corrected chi connectivity index (χ0v) is 12.0. The van der Waals surface area contributed by atoms with Gasteiger partial charge in [-0.1, -0.05) is 72.8 Å². The second-order valence-electron chi connectivity index (χ2n) is 4.82. The minimum atomic E-state index is 0.576. The lowest BCUT2D eigenvalue weighted by molar-refractivity contribution is 1.42. The quantitative estimate of drug-likeness (QED) is 0.640. The molecule has 0 aliphatic heterocycles. The third-order valence-corrected chi connectivity index (χ3v) is 3.35. The maximum absolute atomic E-state index is 9.25. The summed E-state index contributed by atoms with van der Waals surface area (Å²) >= 11 is 0. The van der Waals surface area contributed by atoms with Crippen LogP contribution in [-0.2, 0) is 0 Å². The maximum Gasteiger partial charge on any atom is 0.101 e. The van der Waals surface area contributed by atoms with Crippen molar-refractivity contribution in [1.82, 2.24) is 0 Å². The van der Waals surface area contributed by atoms with Crippen LogP contribution >= 0.6 is 0 Å². The van der Waals surface area contributed by atoms with Crippen LogP contribution in [0.3, 0.4) is 0 Å². The van der Waals surface area contributed by atoms with Crippen LogP contribution in [0.1, 0.15) is 16.7 Å². The summed E-state index contributed by atoms with van der Waals surface area (Å²) < 4.78 is 0. The van der Waals surface area contributed by atoms with Gasteiger partial charge in [0.2, 0.25) is 0 Å². The van der Waals surface area contributed by atoms with Crippen molar-refractivity contribution in [2.24, 2.45) is 4.99 Å². The Morgan fingerprint density at radius 3 is 1.73 bits per heavy atom. The summed E-state index contributed by atoms with van der Waals surface area (Å²) in [6.07, 6.45) is 0. The topological polar surface area (TPSA) is 36.1 Å². The van der Waals surface area contributed by atoms with E-state index < -0.39 is 0 Å². The number of aliphatic imine (C=N–C) groups is 1. The average Bonchev–Trinajstić information content (AvgIpc) is 2.61. The molecule has 0 amide bonds. The monoisotopic (exact) mass is 282 g/mol. The van der Waals surface area contributed by atoms with Gasteiger partial charge in [0.1, 0.15) is 6.07 Å². The Bertz CT molecular complexity index is 787. The first kappa shape index (κ1) is 13.8. The average molecular weight is 282 g/mol. The van der Waals surface area contributed by atoms with Gasteiger partial charge in [0, 0.05) is 11.1 Å². The lowest BCUT2D eigenvalue weighted by atomic mass is 10.0. The highest BCUT2D eigenvalue weighted by Gasteiger charge is 2.08. The number of hydrogen-bond acceptors (Lipinski definition) is 2. The molecule has 0 heterocycles. The number of nitriles is 1. The number of benzene rings is 3. The largest absolute Gasteiger partial charge is 0.246 e. The number of hydrogen-bond donors (Lipinski definition) is 0. The minimum Gasteiger partial charge on any atom is -0.246 e. The Morgan fingerprint density at radius 1 is 0.682 bits per heavy atom. The van der Waals surface area contributed by atoms with E-state index in [2.05, 4.69) is 6.07 Å². The van der Waals surface area contributed by atoms with Gasteiger partial charge in [0.25, 0.3) is 0 Å². The summed E-state index contributed by atoms with van der Waals surface area (Å²) in [6, 6.07) is 29.6. The molecule has 0 bridgehead atoms. The molecule has 0 aliphatic rings. The van der Waals surface area contributed by atoms with E-state index in [1.165, 1.54) is 0 Å². The summed E-state index contributed by atoms with van der Waals surface area (Å²) in [7, 11) is 0. The van der Waals surface area contributed by atoms with Gasteiger partial charge in [0.15, 0.2) is 0 Å². The summed E-state index contributed by atoms with van der Waals surface area (Å²) in [4.78, 5) is 4.76. The fourth-order valence-electron chi connectivity index (χ4n) is 2.27. The van der Waals surface area contributed by atoms with Crippen LogP contribution in [0.25, 0.3) is 0 Å². The summed E-state index contributed by atoms with van der Waals surface area (Å²) in [5, 5.41) is 9.25. The lowest BCUT2D eigenvalue weighted by Crippen LogP contribution is -2.02. The van der Waals surface area contributed by atoms with Gasteiger partial charge in [-0.05, 0) is 12.1 Å². The van der Waals surface area contributed by atoms with Crippen LogP contribution < -0.4 is 0 Å².